The van der Waals surface area contributed by atoms with Gasteiger partial charge in [-0.05, 0) is 25.1 Å². The number of benzene rings is 2. The summed E-state index contributed by atoms with van der Waals surface area (Å²) in [5.74, 6) is -1.98. The zero-order valence-corrected chi connectivity index (χ0v) is 18.6. The Hall–Kier alpha value is -3.55. The van der Waals surface area contributed by atoms with Gasteiger partial charge in [-0.2, -0.15) is 0 Å². The minimum atomic E-state index is -1.71. The lowest BCUT2D eigenvalue weighted by atomic mass is 9.99. The van der Waals surface area contributed by atoms with Gasteiger partial charge in [0.15, 0.2) is 28.4 Å². The Morgan fingerprint density at radius 3 is 2.34 bits per heavy atom. The first-order valence-corrected chi connectivity index (χ1v) is 10.5. The zero-order valence-electron chi connectivity index (χ0n) is 18.6. The summed E-state index contributed by atoms with van der Waals surface area (Å²) in [6.07, 6.45) is -7.75. The van der Waals surface area contributed by atoms with Gasteiger partial charge in [-0.1, -0.05) is 0 Å². The summed E-state index contributed by atoms with van der Waals surface area (Å²) in [5, 5.41) is 69.8. The highest BCUT2D eigenvalue weighted by atomic mass is 16.7. The summed E-state index contributed by atoms with van der Waals surface area (Å²) in [6, 6.07) is 5.17. The quantitative estimate of drug-likeness (QED) is 0.237. The second-order valence-corrected chi connectivity index (χ2v) is 8.03. The monoisotopic (exact) mass is 492 g/mol. The van der Waals surface area contributed by atoms with Gasteiger partial charge in [0.1, 0.15) is 41.1 Å². The number of hydrogen-bond donors (Lipinski definition) is 7. The molecule has 0 saturated carbocycles. The van der Waals surface area contributed by atoms with Crippen molar-refractivity contribution in [1.29, 1.82) is 0 Å². The van der Waals surface area contributed by atoms with Crippen LogP contribution >= 0.6 is 0 Å². The fourth-order valence-electron chi connectivity index (χ4n) is 3.86. The van der Waals surface area contributed by atoms with E-state index in [4.69, 9.17) is 18.6 Å². The molecule has 0 radical (unpaired) electrons. The molecule has 0 unspecified atom stereocenters. The molecule has 188 valence electrons. The van der Waals surface area contributed by atoms with E-state index >= 15 is 0 Å². The molecule has 0 aliphatic carbocycles. The molecule has 12 nitrogen and oxygen atoms in total. The normalized spacial score (nSPS) is 24.5. The number of rotatable bonds is 5. The third-order valence-electron chi connectivity index (χ3n) is 5.86. The van der Waals surface area contributed by atoms with Crippen LogP contribution in [-0.4, -0.2) is 80.2 Å². The molecule has 35 heavy (non-hydrogen) atoms. The molecule has 0 spiro atoms. The third-order valence-corrected chi connectivity index (χ3v) is 5.86. The van der Waals surface area contributed by atoms with Crippen LogP contribution in [0.2, 0.25) is 0 Å². The first kappa shape index (κ1) is 24.6. The SMILES string of the molecule is COc1cc2oc(-c3ccc(O)c(O[C@@H]4O[C@H](CO)[C@@H](O)[C@H](O)[C@H]4O)c3)c(C)c(=O)c2c(O)c1O. The van der Waals surface area contributed by atoms with E-state index in [1.54, 1.807) is 0 Å². The highest BCUT2D eigenvalue weighted by Crippen LogP contribution is 2.42. The first-order chi connectivity index (χ1) is 16.6. The topological polar surface area (TPSA) is 200 Å². The van der Waals surface area contributed by atoms with Crippen LogP contribution in [0.3, 0.4) is 0 Å². The van der Waals surface area contributed by atoms with E-state index in [-0.39, 0.29) is 45.1 Å². The smallest absolute Gasteiger partial charge is 0.229 e. The van der Waals surface area contributed by atoms with Crippen molar-refractivity contribution in [3.63, 3.8) is 0 Å². The fraction of sp³-hybridized carbons (Fsp3) is 0.348. The molecule has 12 heteroatoms. The Morgan fingerprint density at radius 1 is 0.971 bits per heavy atom. The van der Waals surface area contributed by atoms with E-state index < -0.39 is 54.2 Å². The minimum Gasteiger partial charge on any atom is -0.504 e. The Kier molecular flexibility index (Phi) is 6.49. The van der Waals surface area contributed by atoms with Crippen molar-refractivity contribution >= 4 is 11.0 Å². The summed E-state index contributed by atoms with van der Waals surface area (Å²) in [6.45, 7) is 0.774. The number of aliphatic hydroxyl groups is 4. The predicted molar refractivity (Wildman–Crippen MR) is 119 cm³/mol. The van der Waals surface area contributed by atoms with Crippen molar-refractivity contribution in [3.8, 4) is 40.1 Å². The molecule has 1 saturated heterocycles. The fourth-order valence-corrected chi connectivity index (χ4v) is 3.86. The summed E-state index contributed by atoms with van der Waals surface area (Å²) in [4.78, 5) is 13.0. The van der Waals surface area contributed by atoms with Crippen molar-refractivity contribution in [2.75, 3.05) is 13.7 Å². The molecule has 2 aromatic carbocycles. The van der Waals surface area contributed by atoms with E-state index in [1.165, 1.54) is 38.3 Å². The van der Waals surface area contributed by atoms with Crippen LogP contribution in [0.5, 0.6) is 28.7 Å². The van der Waals surface area contributed by atoms with E-state index in [0.717, 1.165) is 0 Å². The van der Waals surface area contributed by atoms with Gasteiger partial charge in [-0.3, -0.25) is 4.79 Å². The molecule has 0 bridgehead atoms. The van der Waals surface area contributed by atoms with E-state index in [2.05, 4.69) is 0 Å². The number of methoxy groups -OCH3 is 1. The molecule has 1 aromatic heterocycles. The molecule has 0 amide bonds. The average Bonchev–Trinajstić information content (AvgIpc) is 2.84. The Bertz CT molecular complexity index is 1310. The van der Waals surface area contributed by atoms with Gasteiger partial charge in [0.05, 0.1) is 13.7 Å². The molecule has 1 aliphatic rings. The standard InChI is InChI=1S/C23H24O12/c1-8-16(26)15-12(6-13(32-2)17(27)19(15)29)33-22(8)9-3-4-10(25)11(5-9)34-23-21(31)20(30)18(28)14(7-24)35-23/h3-6,14,18,20-21,23-25,27-31H,7H2,1-2H3/t14-,18-,20+,21-,23-/m1/s1. The Labute approximate surface area is 197 Å². The maximum Gasteiger partial charge on any atom is 0.229 e. The van der Waals surface area contributed by atoms with E-state index in [1.807, 2.05) is 0 Å². The van der Waals surface area contributed by atoms with Crippen LogP contribution < -0.4 is 14.9 Å². The van der Waals surface area contributed by atoms with E-state index in [9.17, 15) is 40.5 Å². The largest absolute Gasteiger partial charge is 0.504 e. The van der Waals surface area contributed by atoms with Gasteiger partial charge >= 0.3 is 0 Å². The molecule has 1 fully saturated rings. The summed E-state index contributed by atoms with van der Waals surface area (Å²) >= 11 is 0. The zero-order chi connectivity index (χ0) is 25.6. The van der Waals surface area contributed by atoms with Crippen LogP contribution in [0, 0.1) is 6.92 Å². The highest BCUT2D eigenvalue weighted by Gasteiger charge is 2.45. The van der Waals surface area contributed by atoms with Crippen LogP contribution in [0.25, 0.3) is 22.3 Å². The van der Waals surface area contributed by atoms with Gasteiger partial charge in [0.2, 0.25) is 12.0 Å². The summed E-state index contributed by atoms with van der Waals surface area (Å²) in [7, 11) is 1.26. The van der Waals surface area contributed by atoms with Crippen LogP contribution in [-0.2, 0) is 4.74 Å². The molecule has 1 aliphatic heterocycles. The van der Waals surface area contributed by atoms with Gasteiger partial charge in [0, 0.05) is 17.2 Å². The lowest BCUT2D eigenvalue weighted by Crippen LogP contribution is -2.60. The first-order valence-electron chi connectivity index (χ1n) is 10.5. The molecule has 2 heterocycles. The number of fused-ring (bicyclic) bond motifs is 1. The Morgan fingerprint density at radius 2 is 1.69 bits per heavy atom. The third kappa shape index (κ3) is 4.11. The molecule has 5 atom stereocenters. The molecular weight excluding hydrogens is 468 g/mol. The van der Waals surface area contributed by atoms with Crippen molar-refractivity contribution in [3.05, 3.63) is 40.1 Å². The number of aliphatic hydroxyl groups excluding tert-OH is 4. The summed E-state index contributed by atoms with van der Waals surface area (Å²) in [5.41, 5.74) is -0.374. The predicted octanol–water partition coefficient (Wildman–Crippen LogP) is 0.0725. The van der Waals surface area contributed by atoms with Crippen LogP contribution in [0.1, 0.15) is 5.56 Å². The van der Waals surface area contributed by atoms with Crippen molar-refractivity contribution < 1.29 is 54.4 Å². The number of hydrogen-bond acceptors (Lipinski definition) is 12. The minimum absolute atomic E-state index is 0.0493. The number of phenols is 3. The van der Waals surface area contributed by atoms with Crippen LogP contribution in [0.4, 0.5) is 0 Å². The summed E-state index contributed by atoms with van der Waals surface area (Å²) < 4.78 is 21.7. The molecule has 7 N–H and O–H groups in total. The molecule has 3 aromatic rings. The van der Waals surface area contributed by atoms with Gasteiger partial charge in [-0.25, -0.2) is 0 Å². The average molecular weight is 492 g/mol. The van der Waals surface area contributed by atoms with E-state index in [0.29, 0.717) is 0 Å². The highest BCUT2D eigenvalue weighted by molar-refractivity contribution is 5.90. The number of phenolic OH excluding ortho intramolecular Hbond substituents is 3. The Balaban J connectivity index is 1.77. The van der Waals surface area contributed by atoms with Crippen LogP contribution in [0.15, 0.2) is 33.5 Å². The number of ether oxygens (including phenoxy) is 3. The number of aromatic hydroxyl groups is 3. The van der Waals surface area contributed by atoms with Gasteiger partial charge in [0.25, 0.3) is 0 Å². The van der Waals surface area contributed by atoms with Crippen molar-refractivity contribution in [2.24, 2.45) is 0 Å². The second-order valence-electron chi connectivity index (χ2n) is 8.03. The van der Waals surface area contributed by atoms with Gasteiger partial charge < -0.3 is 54.4 Å². The maximum absolute atomic E-state index is 13.0. The second kappa shape index (κ2) is 9.24. The molecule has 4 rings (SSSR count). The lowest BCUT2D eigenvalue weighted by molar-refractivity contribution is -0.277. The lowest BCUT2D eigenvalue weighted by Gasteiger charge is -2.39. The van der Waals surface area contributed by atoms with Gasteiger partial charge in [-0.15, -0.1) is 0 Å². The molecular formula is C23H24O12. The van der Waals surface area contributed by atoms with Crippen molar-refractivity contribution in [1.82, 2.24) is 0 Å². The maximum atomic E-state index is 13.0. The van der Waals surface area contributed by atoms with Crippen molar-refractivity contribution in [2.45, 2.75) is 37.6 Å².